The third-order valence-electron chi connectivity index (χ3n) is 4.28. The van der Waals surface area contributed by atoms with Gasteiger partial charge in [0.25, 0.3) is 0 Å². The van der Waals surface area contributed by atoms with Crippen molar-refractivity contribution in [3.05, 3.63) is 42.1 Å². The van der Waals surface area contributed by atoms with Crippen LogP contribution in [0.5, 0.6) is 0 Å². The minimum absolute atomic E-state index is 0.123. The van der Waals surface area contributed by atoms with E-state index < -0.39 is 24.2 Å². The van der Waals surface area contributed by atoms with Crippen LogP contribution in [0.25, 0.3) is 11.3 Å². The van der Waals surface area contributed by atoms with Gasteiger partial charge in [0.15, 0.2) is 0 Å². The lowest BCUT2D eigenvalue weighted by Crippen LogP contribution is -2.41. The number of amides is 1. The molecule has 1 saturated heterocycles. The molecule has 3 unspecified atom stereocenters. The fraction of sp³-hybridized carbons (Fsp3) is 0.412. The topological polar surface area (TPSA) is 79.8 Å². The van der Waals surface area contributed by atoms with Crippen molar-refractivity contribution in [2.75, 3.05) is 0 Å². The minimum atomic E-state index is -4.61. The highest BCUT2D eigenvalue weighted by atomic mass is 19.4. The molecule has 0 aromatic carbocycles. The lowest BCUT2D eigenvalue weighted by atomic mass is 10.1. The molecule has 6 nitrogen and oxygen atoms in total. The second kappa shape index (κ2) is 7.55. The number of alkyl halides is 4. The standard InChI is InChI=1S/C17H17F4N5O/c1-9-12(18)5-14(26-9)15(27)23-6-10-2-3-22-13(4-10)11-7-24-16(25-8-11)17(19,20)21/h2-4,7-9,12,14,26H,5-6H2,1H3,(H,23,27). The van der Waals surface area contributed by atoms with Crippen molar-refractivity contribution in [3.63, 3.8) is 0 Å². The lowest BCUT2D eigenvalue weighted by molar-refractivity contribution is -0.145. The third kappa shape index (κ3) is 4.57. The Kier molecular flexibility index (Phi) is 5.36. The van der Waals surface area contributed by atoms with Crippen molar-refractivity contribution >= 4 is 5.91 Å². The van der Waals surface area contributed by atoms with Crippen molar-refractivity contribution in [2.45, 2.75) is 44.3 Å². The molecule has 27 heavy (non-hydrogen) atoms. The minimum Gasteiger partial charge on any atom is -0.351 e. The first kappa shape index (κ1) is 19.2. The first-order valence-electron chi connectivity index (χ1n) is 8.26. The van der Waals surface area contributed by atoms with Gasteiger partial charge in [-0.05, 0) is 24.6 Å². The average Bonchev–Trinajstić information content (AvgIpc) is 2.98. The highest BCUT2D eigenvalue weighted by Crippen LogP contribution is 2.26. The van der Waals surface area contributed by atoms with Gasteiger partial charge in [0.1, 0.15) is 6.17 Å². The third-order valence-corrected chi connectivity index (χ3v) is 4.28. The number of pyridine rings is 1. The maximum atomic E-state index is 13.5. The summed E-state index contributed by atoms with van der Waals surface area (Å²) in [5.74, 6) is -1.53. The molecule has 2 aromatic heterocycles. The largest absolute Gasteiger partial charge is 0.451 e. The van der Waals surface area contributed by atoms with Crippen LogP contribution in [0.2, 0.25) is 0 Å². The molecule has 3 rings (SSSR count). The molecule has 10 heteroatoms. The summed E-state index contributed by atoms with van der Waals surface area (Å²) < 4.78 is 51.1. The van der Waals surface area contributed by atoms with Gasteiger partial charge in [0, 0.05) is 43.2 Å². The summed E-state index contributed by atoms with van der Waals surface area (Å²) in [7, 11) is 0. The van der Waals surface area contributed by atoms with E-state index in [1.807, 2.05) is 0 Å². The van der Waals surface area contributed by atoms with Gasteiger partial charge in [0.2, 0.25) is 11.7 Å². The summed E-state index contributed by atoms with van der Waals surface area (Å²) in [4.78, 5) is 22.8. The summed E-state index contributed by atoms with van der Waals surface area (Å²) in [6.07, 6.45) is -1.98. The van der Waals surface area contributed by atoms with Gasteiger partial charge in [-0.3, -0.25) is 9.78 Å². The Bertz CT molecular complexity index is 802. The second-order valence-corrected chi connectivity index (χ2v) is 6.32. The number of aromatic nitrogens is 3. The number of nitrogens with one attached hydrogen (secondary N) is 2. The number of carbonyl (C=O) groups is 1. The van der Waals surface area contributed by atoms with Crippen molar-refractivity contribution in [2.24, 2.45) is 0 Å². The van der Waals surface area contributed by atoms with Crippen molar-refractivity contribution in [1.82, 2.24) is 25.6 Å². The Morgan fingerprint density at radius 2 is 2.00 bits per heavy atom. The smallest absolute Gasteiger partial charge is 0.351 e. The molecule has 0 saturated carbocycles. The zero-order valence-electron chi connectivity index (χ0n) is 14.3. The van der Waals surface area contributed by atoms with Crippen LogP contribution in [0, 0.1) is 0 Å². The van der Waals surface area contributed by atoms with Crippen molar-refractivity contribution in [3.8, 4) is 11.3 Å². The van der Waals surface area contributed by atoms with Crippen LogP contribution < -0.4 is 10.6 Å². The summed E-state index contributed by atoms with van der Waals surface area (Å²) in [5, 5.41) is 5.60. The monoisotopic (exact) mass is 383 g/mol. The number of hydrogen-bond donors (Lipinski definition) is 2. The van der Waals surface area contributed by atoms with Gasteiger partial charge in [-0.2, -0.15) is 13.2 Å². The molecule has 1 aliphatic heterocycles. The summed E-state index contributed by atoms with van der Waals surface area (Å²) >= 11 is 0. The van der Waals surface area contributed by atoms with Gasteiger partial charge < -0.3 is 10.6 Å². The van der Waals surface area contributed by atoms with E-state index in [1.165, 1.54) is 6.20 Å². The highest BCUT2D eigenvalue weighted by Gasteiger charge is 2.35. The van der Waals surface area contributed by atoms with Crippen LogP contribution in [0.4, 0.5) is 17.6 Å². The number of rotatable bonds is 4. The first-order chi connectivity index (χ1) is 12.7. The normalized spacial score (nSPS) is 22.6. The van der Waals surface area contributed by atoms with Crippen LogP contribution in [0.15, 0.2) is 30.7 Å². The van der Waals surface area contributed by atoms with E-state index in [4.69, 9.17) is 0 Å². The van der Waals surface area contributed by atoms with E-state index in [0.29, 0.717) is 16.8 Å². The van der Waals surface area contributed by atoms with Crippen LogP contribution in [-0.2, 0) is 17.5 Å². The molecule has 1 fully saturated rings. The van der Waals surface area contributed by atoms with E-state index in [0.717, 1.165) is 12.4 Å². The van der Waals surface area contributed by atoms with Crippen molar-refractivity contribution < 1.29 is 22.4 Å². The molecule has 144 valence electrons. The van der Waals surface area contributed by atoms with E-state index in [1.54, 1.807) is 19.1 Å². The Morgan fingerprint density at radius 3 is 2.59 bits per heavy atom. The van der Waals surface area contributed by atoms with Gasteiger partial charge in [-0.15, -0.1) is 0 Å². The predicted octanol–water partition coefficient (Wildman–Crippen LogP) is 2.26. The molecule has 2 N–H and O–H groups in total. The summed E-state index contributed by atoms with van der Waals surface area (Å²) in [6.45, 7) is 1.86. The van der Waals surface area contributed by atoms with E-state index in [-0.39, 0.29) is 24.9 Å². The molecular weight excluding hydrogens is 366 g/mol. The predicted molar refractivity (Wildman–Crippen MR) is 88.0 cm³/mol. The van der Waals surface area contributed by atoms with Crippen LogP contribution in [0.3, 0.4) is 0 Å². The molecule has 1 amide bonds. The quantitative estimate of drug-likeness (QED) is 0.792. The Labute approximate surface area is 152 Å². The number of hydrogen-bond acceptors (Lipinski definition) is 5. The van der Waals surface area contributed by atoms with Crippen LogP contribution >= 0.6 is 0 Å². The molecule has 0 radical (unpaired) electrons. The second-order valence-electron chi connectivity index (χ2n) is 6.32. The van der Waals surface area contributed by atoms with E-state index in [9.17, 15) is 22.4 Å². The molecule has 0 spiro atoms. The fourth-order valence-electron chi connectivity index (χ4n) is 2.76. The zero-order chi connectivity index (χ0) is 19.6. The molecule has 0 bridgehead atoms. The lowest BCUT2D eigenvalue weighted by Gasteiger charge is -2.12. The SMILES string of the molecule is CC1NC(C(=O)NCc2ccnc(-c3cnc(C(F)(F)F)nc3)c2)CC1F. The molecule has 3 atom stereocenters. The van der Waals surface area contributed by atoms with Gasteiger partial charge in [-0.25, -0.2) is 14.4 Å². The van der Waals surface area contributed by atoms with E-state index >= 15 is 0 Å². The van der Waals surface area contributed by atoms with E-state index in [2.05, 4.69) is 25.6 Å². The molecule has 2 aromatic rings. The summed E-state index contributed by atoms with van der Waals surface area (Å²) in [6, 6.07) is 2.33. The first-order valence-corrected chi connectivity index (χ1v) is 8.26. The highest BCUT2D eigenvalue weighted by molar-refractivity contribution is 5.82. The Morgan fingerprint density at radius 1 is 1.30 bits per heavy atom. The van der Waals surface area contributed by atoms with Crippen molar-refractivity contribution in [1.29, 1.82) is 0 Å². The number of nitrogens with zero attached hydrogens (tertiary/aromatic N) is 3. The number of halogens is 4. The molecule has 0 aliphatic carbocycles. The molecule has 3 heterocycles. The van der Waals surface area contributed by atoms with Gasteiger partial charge >= 0.3 is 6.18 Å². The number of carbonyl (C=O) groups excluding carboxylic acids is 1. The molecule has 1 aliphatic rings. The van der Waals surface area contributed by atoms with Crippen LogP contribution in [-0.4, -0.2) is 39.1 Å². The average molecular weight is 383 g/mol. The van der Waals surface area contributed by atoms with Gasteiger partial charge in [0.05, 0.1) is 11.7 Å². The molecular formula is C17H17F4N5O. The maximum absolute atomic E-state index is 13.5. The Hall–Kier alpha value is -2.62. The zero-order valence-corrected chi connectivity index (χ0v) is 14.3. The maximum Gasteiger partial charge on any atom is 0.451 e. The fourth-order valence-corrected chi connectivity index (χ4v) is 2.76. The van der Waals surface area contributed by atoms with Crippen LogP contribution in [0.1, 0.15) is 24.7 Å². The summed E-state index contributed by atoms with van der Waals surface area (Å²) in [5.41, 5.74) is 1.39. The Balaban J connectivity index is 1.65. The van der Waals surface area contributed by atoms with Gasteiger partial charge in [-0.1, -0.05) is 0 Å².